The van der Waals surface area contributed by atoms with E-state index in [-0.39, 0.29) is 18.2 Å². The summed E-state index contributed by atoms with van der Waals surface area (Å²) in [5.41, 5.74) is 2.13. The number of amides is 1. The van der Waals surface area contributed by atoms with Gasteiger partial charge in [0.05, 0.1) is 16.7 Å². The van der Waals surface area contributed by atoms with Crippen LogP contribution in [-0.4, -0.2) is 47.8 Å². The van der Waals surface area contributed by atoms with E-state index in [1.54, 1.807) is 22.7 Å². The summed E-state index contributed by atoms with van der Waals surface area (Å²) in [7, 11) is -1.55. The highest BCUT2D eigenvalue weighted by atomic mass is 32.2. The molecule has 0 saturated carbocycles. The van der Waals surface area contributed by atoms with Crippen molar-refractivity contribution in [2.24, 2.45) is 7.05 Å². The minimum Gasteiger partial charge on any atom is -0.336 e. The first-order valence-electron chi connectivity index (χ1n) is 9.09. The number of thiophene rings is 1. The molecule has 1 fully saturated rings. The molecule has 1 aliphatic heterocycles. The summed E-state index contributed by atoms with van der Waals surface area (Å²) in [4.78, 5) is 15.6. The molecule has 0 bridgehead atoms. The lowest BCUT2D eigenvalue weighted by Crippen LogP contribution is -2.34. The van der Waals surface area contributed by atoms with Gasteiger partial charge in [-0.15, -0.1) is 11.3 Å². The third-order valence-electron chi connectivity index (χ3n) is 5.06. The van der Waals surface area contributed by atoms with Crippen molar-refractivity contribution in [3.8, 4) is 11.3 Å². The van der Waals surface area contributed by atoms with Crippen LogP contribution >= 0.6 is 11.3 Å². The van der Waals surface area contributed by atoms with Crippen LogP contribution in [0.25, 0.3) is 11.3 Å². The zero-order valence-corrected chi connectivity index (χ0v) is 17.1. The van der Waals surface area contributed by atoms with E-state index in [2.05, 4.69) is 5.10 Å². The van der Waals surface area contributed by atoms with Crippen molar-refractivity contribution in [3.63, 3.8) is 0 Å². The summed E-state index contributed by atoms with van der Waals surface area (Å²) in [5, 5.41) is 5.81. The highest BCUT2D eigenvalue weighted by Gasteiger charge is 2.34. The van der Waals surface area contributed by atoms with Gasteiger partial charge in [-0.2, -0.15) is 5.10 Å². The number of sulfone groups is 1. The second-order valence-corrected chi connectivity index (χ2v) is 10.1. The van der Waals surface area contributed by atoms with Crippen LogP contribution in [-0.2, 0) is 16.9 Å². The summed E-state index contributed by atoms with van der Waals surface area (Å²) >= 11 is 1.45. The molecule has 3 aromatic rings. The largest absolute Gasteiger partial charge is 0.336 e. The molecule has 4 rings (SSSR count). The Labute approximate surface area is 168 Å². The number of hydrogen-bond donors (Lipinski definition) is 0. The van der Waals surface area contributed by atoms with Gasteiger partial charge in [-0.3, -0.25) is 9.48 Å². The number of nitrogens with zero attached hydrogens (tertiary/aromatic N) is 3. The van der Waals surface area contributed by atoms with E-state index in [9.17, 15) is 13.2 Å². The Kier molecular flexibility index (Phi) is 5.07. The van der Waals surface area contributed by atoms with E-state index in [0.717, 1.165) is 16.1 Å². The van der Waals surface area contributed by atoms with Gasteiger partial charge in [0.15, 0.2) is 9.84 Å². The fraction of sp³-hybridized carbons (Fsp3) is 0.300. The van der Waals surface area contributed by atoms with Gasteiger partial charge in [-0.25, -0.2) is 8.42 Å². The van der Waals surface area contributed by atoms with Crippen LogP contribution in [0.2, 0.25) is 0 Å². The van der Waals surface area contributed by atoms with Crippen molar-refractivity contribution in [2.75, 3.05) is 18.8 Å². The zero-order valence-electron chi connectivity index (χ0n) is 15.5. The summed E-state index contributed by atoms with van der Waals surface area (Å²) in [6, 6.07) is 15.2. The molecule has 1 saturated heterocycles. The van der Waals surface area contributed by atoms with Gasteiger partial charge in [0.25, 0.3) is 5.91 Å². The highest BCUT2D eigenvalue weighted by Crippen LogP contribution is 2.32. The average molecular weight is 416 g/mol. The second kappa shape index (κ2) is 7.52. The van der Waals surface area contributed by atoms with E-state index in [1.165, 1.54) is 11.3 Å². The maximum Gasteiger partial charge on any atom is 0.272 e. The standard InChI is InChI=1S/C20H21N3O3S2/c1-22-17(14-16(21-22)15-6-3-2-4-7-15)20(24)23-10-9-19(18-8-5-12-27-18)28(25,26)13-11-23/h2-8,12,14,19H,9-11,13H2,1H3. The molecule has 0 aliphatic carbocycles. The van der Waals surface area contributed by atoms with Crippen molar-refractivity contribution in [2.45, 2.75) is 11.7 Å². The molecule has 1 aliphatic rings. The van der Waals surface area contributed by atoms with E-state index in [0.29, 0.717) is 18.7 Å². The van der Waals surface area contributed by atoms with Gasteiger partial charge in [0.1, 0.15) is 5.69 Å². The minimum absolute atomic E-state index is 0.0231. The van der Waals surface area contributed by atoms with Crippen molar-refractivity contribution in [1.29, 1.82) is 0 Å². The molecule has 3 heterocycles. The molecule has 0 N–H and O–H groups in total. The minimum atomic E-state index is -3.29. The van der Waals surface area contributed by atoms with Crippen LogP contribution in [0.1, 0.15) is 27.0 Å². The van der Waals surface area contributed by atoms with Gasteiger partial charge < -0.3 is 4.90 Å². The molecule has 1 aromatic carbocycles. The molecule has 2 aromatic heterocycles. The number of carbonyl (C=O) groups is 1. The lowest BCUT2D eigenvalue weighted by Gasteiger charge is -2.19. The first kappa shape index (κ1) is 18.9. The van der Waals surface area contributed by atoms with E-state index in [1.807, 2.05) is 47.8 Å². The van der Waals surface area contributed by atoms with Crippen LogP contribution in [0.5, 0.6) is 0 Å². The summed E-state index contributed by atoms with van der Waals surface area (Å²) in [6.45, 7) is 0.612. The molecule has 0 radical (unpaired) electrons. The SMILES string of the molecule is Cn1nc(-c2ccccc2)cc1C(=O)N1CCC(c2cccs2)S(=O)(=O)CC1. The lowest BCUT2D eigenvalue weighted by atomic mass is 10.1. The number of rotatable bonds is 3. The van der Waals surface area contributed by atoms with Gasteiger partial charge in [-0.05, 0) is 23.9 Å². The Morgan fingerprint density at radius 2 is 1.93 bits per heavy atom. The molecule has 1 atom stereocenters. The molecule has 1 unspecified atom stereocenters. The van der Waals surface area contributed by atoms with E-state index < -0.39 is 15.1 Å². The fourth-order valence-corrected chi connectivity index (χ4v) is 6.52. The Bertz CT molecular complexity index is 1070. The van der Waals surface area contributed by atoms with Crippen molar-refractivity contribution in [1.82, 2.24) is 14.7 Å². The quantitative estimate of drug-likeness (QED) is 0.659. The Morgan fingerprint density at radius 3 is 2.64 bits per heavy atom. The molecule has 8 heteroatoms. The molecule has 0 spiro atoms. The summed E-state index contributed by atoms with van der Waals surface area (Å²) < 4.78 is 27.0. The second-order valence-electron chi connectivity index (χ2n) is 6.86. The molecular formula is C20H21N3O3S2. The molecule has 6 nitrogen and oxygen atoms in total. The van der Waals surface area contributed by atoms with Crippen molar-refractivity contribution < 1.29 is 13.2 Å². The Balaban J connectivity index is 1.57. The van der Waals surface area contributed by atoms with Crippen LogP contribution in [0.4, 0.5) is 0 Å². The van der Waals surface area contributed by atoms with E-state index >= 15 is 0 Å². The topological polar surface area (TPSA) is 72.3 Å². The first-order chi connectivity index (χ1) is 13.5. The Morgan fingerprint density at radius 1 is 1.14 bits per heavy atom. The maximum atomic E-state index is 13.1. The van der Waals surface area contributed by atoms with Gasteiger partial charge in [0, 0.05) is 30.6 Å². The number of benzene rings is 1. The number of carbonyl (C=O) groups excluding carboxylic acids is 1. The van der Waals surface area contributed by atoms with Crippen molar-refractivity contribution >= 4 is 27.1 Å². The molecule has 146 valence electrons. The molecule has 1 amide bonds. The lowest BCUT2D eigenvalue weighted by molar-refractivity contribution is 0.0755. The van der Waals surface area contributed by atoms with Crippen LogP contribution < -0.4 is 0 Å². The summed E-state index contributed by atoms with van der Waals surface area (Å²) in [6.07, 6.45) is 0.415. The summed E-state index contributed by atoms with van der Waals surface area (Å²) in [5.74, 6) is -0.204. The predicted molar refractivity (Wildman–Crippen MR) is 110 cm³/mol. The third-order valence-corrected chi connectivity index (χ3v) is 8.30. The van der Waals surface area contributed by atoms with Crippen LogP contribution in [0, 0.1) is 0 Å². The molecule has 28 heavy (non-hydrogen) atoms. The third kappa shape index (κ3) is 3.62. The number of aryl methyl sites for hydroxylation is 1. The van der Waals surface area contributed by atoms with Crippen LogP contribution in [0.15, 0.2) is 53.9 Å². The van der Waals surface area contributed by atoms with Crippen molar-refractivity contribution in [3.05, 3.63) is 64.5 Å². The Hall–Kier alpha value is -2.45. The highest BCUT2D eigenvalue weighted by molar-refractivity contribution is 7.91. The van der Waals surface area contributed by atoms with Gasteiger partial charge in [0.2, 0.25) is 0 Å². The normalized spacial score (nSPS) is 19.3. The number of aromatic nitrogens is 2. The fourth-order valence-electron chi connectivity index (χ4n) is 3.52. The maximum absolute atomic E-state index is 13.1. The number of hydrogen-bond acceptors (Lipinski definition) is 5. The predicted octanol–water partition coefficient (Wildman–Crippen LogP) is 3.15. The van der Waals surface area contributed by atoms with Gasteiger partial charge >= 0.3 is 0 Å². The van der Waals surface area contributed by atoms with Gasteiger partial charge in [-0.1, -0.05) is 36.4 Å². The first-order valence-corrected chi connectivity index (χ1v) is 11.7. The monoisotopic (exact) mass is 415 g/mol. The average Bonchev–Trinajstić information content (AvgIpc) is 3.31. The van der Waals surface area contributed by atoms with E-state index in [4.69, 9.17) is 0 Å². The van der Waals surface area contributed by atoms with Crippen LogP contribution in [0.3, 0.4) is 0 Å². The zero-order chi connectivity index (χ0) is 19.7. The smallest absolute Gasteiger partial charge is 0.272 e. The molecular weight excluding hydrogens is 394 g/mol.